The first kappa shape index (κ1) is 17.8. The number of amides is 2. The van der Waals surface area contributed by atoms with Crippen molar-refractivity contribution in [1.82, 2.24) is 9.80 Å². The highest BCUT2D eigenvalue weighted by atomic mass is 16.2. The Balaban J connectivity index is 1.86. The lowest BCUT2D eigenvalue weighted by Gasteiger charge is -2.35. The molecule has 0 atom stereocenters. The molecule has 0 saturated carbocycles. The third kappa shape index (κ3) is 5.24. The molecule has 0 bridgehead atoms. The predicted molar refractivity (Wildman–Crippen MR) is 97.0 cm³/mol. The van der Waals surface area contributed by atoms with E-state index >= 15 is 0 Å². The first-order valence-corrected chi connectivity index (χ1v) is 8.64. The number of urea groups is 1. The summed E-state index contributed by atoms with van der Waals surface area (Å²) in [6, 6.07) is 8.19. The van der Waals surface area contributed by atoms with Gasteiger partial charge in [-0.1, -0.05) is 46.8 Å². The molecule has 1 aromatic rings. The Morgan fingerprint density at radius 1 is 1.09 bits per heavy atom. The predicted octanol–water partition coefficient (Wildman–Crippen LogP) is 3.79. The number of hydrogen-bond donors (Lipinski definition) is 1. The monoisotopic (exact) mass is 317 g/mol. The van der Waals surface area contributed by atoms with Gasteiger partial charge in [0.25, 0.3) is 0 Å². The molecule has 2 amide bonds. The van der Waals surface area contributed by atoms with E-state index in [1.807, 2.05) is 17.0 Å². The minimum Gasteiger partial charge on any atom is -0.322 e. The van der Waals surface area contributed by atoms with Crippen LogP contribution in [0.1, 0.15) is 40.2 Å². The average molecular weight is 317 g/mol. The van der Waals surface area contributed by atoms with E-state index in [2.05, 4.69) is 57.0 Å². The molecular formula is C19H31N3O. The number of benzene rings is 1. The summed E-state index contributed by atoms with van der Waals surface area (Å²) in [6.45, 7) is 15.7. The van der Waals surface area contributed by atoms with Gasteiger partial charge in [-0.05, 0) is 29.0 Å². The molecule has 0 spiro atoms. The van der Waals surface area contributed by atoms with Crippen LogP contribution in [0.5, 0.6) is 0 Å². The SMILES string of the molecule is CC(C)CN1CCN(C(=O)Nc2ccc(C(C)(C)C)cc2)CC1. The highest BCUT2D eigenvalue weighted by molar-refractivity contribution is 5.89. The molecule has 1 aromatic carbocycles. The van der Waals surface area contributed by atoms with Crippen molar-refractivity contribution < 1.29 is 4.79 Å². The van der Waals surface area contributed by atoms with Crippen LogP contribution in [-0.2, 0) is 5.41 Å². The molecule has 4 nitrogen and oxygen atoms in total. The van der Waals surface area contributed by atoms with Crippen LogP contribution in [0.3, 0.4) is 0 Å². The summed E-state index contributed by atoms with van der Waals surface area (Å²) in [5, 5.41) is 3.01. The van der Waals surface area contributed by atoms with E-state index in [0.717, 1.165) is 38.4 Å². The van der Waals surface area contributed by atoms with Gasteiger partial charge in [0, 0.05) is 38.4 Å². The van der Waals surface area contributed by atoms with Crippen molar-refractivity contribution >= 4 is 11.7 Å². The molecular weight excluding hydrogens is 286 g/mol. The van der Waals surface area contributed by atoms with E-state index in [1.165, 1.54) is 5.56 Å². The van der Waals surface area contributed by atoms with Gasteiger partial charge in [-0.25, -0.2) is 4.79 Å². The number of carbonyl (C=O) groups is 1. The van der Waals surface area contributed by atoms with Crippen LogP contribution in [0, 0.1) is 5.92 Å². The molecule has 0 aromatic heterocycles. The van der Waals surface area contributed by atoms with Gasteiger partial charge in [-0.3, -0.25) is 4.90 Å². The number of rotatable bonds is 3. The largest absolute Gasteiger partial charge is 0.322 e. The lowest BCUT2D eigenvalue weighted by molar-refractivity contribution is 0.138. The number of nitrogens with zero attached hydrogens (tertiary/aromatic N) is 2. The molecule has 0 unspecified atom stereocenters. The molecule has 1 saturated heterocycles. The summed E-state index contributed by atoms with van der Waals surface area (Å²) >= 11 is 0. The molecule has 1 aliphatic heterocycles. The standard InChI is InChI=1S/C19H31N3O/c1-15(2)14-21-10-12-22(13-11-21)18(23)20-17-8-6-16(7-9-17)19(3,4)5/h6-9,15H,10-14H2,1-5H3,(H,20,23). The van der Waals surface area contributed by atoms with Gasteiger partial charge in [-0.2, -0.15) is 0 Å². The first-order valence-electron chi connectivity index (χ1n) is 8.64. The molecule has 23 heavy (non-hydrogen) atoms. The van der Waals surface area contributed by atoms with Crippen LogP contribution < -0.4 is 5.32 Å². The zero-order valence-corrected chi connectivity index (χ0v) is 15.2. The smallest absolute Gasteiger partial charge is 0.321 e. The van der Waals surface area contributed by atoms with Crippen molar-refractivity contribution in [2.45, 2.75) is 40.0 Å². The number of piperazine rings is 1. The lowest BCUT2D eigenvalue weighted by Crippen LogP contribution is -2.50. The van der Waals surface area contributed by atoms with Crippen LogP contribution in [0.4, 0.5) is 10.5 Å². The van der Waals surface area contributed by atoms with Crippen molar-refractivity contribution in [3.05, 3.63) is 29.8 Å². The Hall–Kier alpha value is -1.55. The Morgan fingerprint density at radius 2 is 1.65 bits per heavy atom. The molecule has 1 heterocycles. The molecule has 128 valence electrons. The molecule has 1 fully saturated rings. The molecule has 1 N–H and O–H groups in total. The van der Waals surface area contributed by atoms with E-state index in [9.17, 15) is 4.79 Å². The number of carbonyl (C=O) groups excluding carboxylic acids is 1. The fourth-order valence-corrected chi connectivity index (χ4v) is 2.91. The summed E-state index contributed by atoms with van der Waals surface area (Å²) in [7, 11) is 0. The molecule has 0 aliphatic carbocycles. The van der Waals surface area contributed by atoms with Crippen LogP contribution in [0.25, 0.3) is 0 Å². The fraction of sp³-hybridized carbons (Fsp3) is 0.632. The fourth-order valence-electron chi connectivity index (χ4n) is 2.91. The van der Waals surface area contributed by atoms with Crippen molar-refractivity contribution in [1.29, 1.82) is 0 Å². The molecule has 2 rings (SSSR count). The minimum absolute atomic E-state index is 0.0118. The molecule has 0 radical (unpaired) electrons. The second-order valence-corrected chi connectivity index (χ2v) is 7.94. The second kappa shape index (κ2) is 7.35. The number of anilines is 1. The summed E-state index contributed by atoms with van der Waals surface area (Å²) in [5.74, 6) is 0.678. The Morgan fingerprint density at radius 3 is 2.13 bits per heavy atom. The van der Waals surface area contributed by atoms with Crippen molar-refractivity contribution in [3.8, 4) is 0 Å². The summed E-state index contributed by atoms with van der Waals surface area (Å²) < 4.78 is 0. The van der Waals surface area contributed by atoms with Gasteiger partial charge in [0.2, 0.25) is 0 Å². The van der Waals surface area contributed by atoms with Crippen molar-refractivity contribution in [3.63, 3.8) is 0 Å². The van der Waals surface area contributed by atoms with E-state index < -0.39 is 0 Å². The first-order chi connectivity index (χ1) is 10.8. The van der Waals surface area contributed by atoms with E-state index in [0.29, 0.717) is 5.92 Å². The number of hydrogen-bond acceptors (Lipinski definition) is 2. The third-order valence-electron chi connectivity index (χ3n) is 4.29. The minimum atomic E-state index is 0.0118. The van der Waals surface area contributed by atoms with Crippen LogP contribution >= 0.6 is 0 Å². The highest BCUT2D eigenvalue weighted by Gasteiger charge is 2.21. The van der Waals surface area contributed by atoms with Crippen molar-refractivity contribution in [2.24, 2.45) is 5.92 Å². The van der Waals surface area contributed by atoms with E-state index in [1.54, 1.807) is 0 Å². The maximum absolute atomic E-state index is 12.4. The van der Waals surface area contributed by atoms with E-state index in [4.69, 9.17) is 0 Å². The van der Waals surface area contributed by atoms with Crippen molar-refractivity contribution in [2.75, 3.05) is 38.0 Å². The molecule has 1 aliphatic rings. The third-order valence-corrected chi connectivity index (χ3v) is 4.29. The Kier molecular flexibility index (Phi) is 5.69. The maximum Gasteiger partial charge on any atom is 0.321 e. The Bertz CT molecular complexity index is 508. The maximum atomic E-state index is 12.4. The van der Waals surface area contributed by atoms with Crippen LogP contribution in [0.15, 0.2) is 24.3 Å². The zero-order valence-electron chi connectivity index (χ0n) is 15.2. The topological polar surface area (TPSA) is 35.6 Å². The lowest BCUT2D eigenvalue weighted by atomic mass is 9.87. The molecule has 4 heteroatoms. The van der Waals surface area contributed by atoms with E-state index in [-0.39, 0.29) is 11.4 Å². The van der Waals surface area contributed by atoms with Gasteiger partial charge in [0.1, 0.15) is 0 Å². The summed E-state index contributed by atoms with van der Waals surface area (Å²) in [5.41, 5.74) is 2.28. The van der Waals surface area contributed by atoms with Gasteiger partial charge in [0.15, 0.2) is 0 Å². The normalized spacial score (nSPS) is 16.7. The van der Waals surface area contributed by atoms with Crippen LogP contribution in [0.2, 0.25) is 0 Å². The Labute approximate surface area is 140 Å². The second-order valence-electron chi connectivity index (χ2n) is 7.94. The van der Waals surface area contributed by atoms with Gasteiger partial charge in [0.05, 0.1) is 0 Å². The van der Waals surface area contributed by atoms with Crippen LogP contribution in [-0.4, -0.2) is 48.6 Å². The number of nitrogens with one attached hydrogen (secondary N) is 1. The van der Waals surface area contributed by atoms with Gasteiger partial charge < -0.3 is 10.2 Å². The quantitative estimate of drug-likeness (QED) is 0.920. The highest BCUT2D eigenvalue weighted by Crippen LogP contribution is 2.23. The van der Waals surface area contributed by atoms with Gasteiger partial charge >= 0.3 is 6.03 Å². The summed E-state index contributed by atoms with van der Waals surface area (Å²) in [6.07, 6.45) is 0. The average Bonchev–Trinajstić information content (AvgIpc) is 2.47. The zero-order chi connectivity index (χ0) is 17.0. The van der Waals surface area contributed by atoms with Gasteiger partial charge in [-0.15, -0.1) is 0 Å². The summed E-state index contributed by atoms with van der Waals surface area (Å²) in [4.78, 5) is 16.7.